The molecule has 1 heterocycles. The van der Waals surface area contributed by atoms with E-state index in [9.17, 15) is 8.42 Å². The third-order valence-corrected chi connectivity index (χ3v) is 5.59. The summed E-state index contributed by atoms with van der Waals surface area (Å²) in [6.45, 7) is 8.01. The van der Waals surface area contributed by atoms with Crippen LogP contribution in [-0.2, 0) is 16.6 Å². The maximum absolute atomic E-state index is 12.8. The van der Waals surface area contributed by atoms with E-state index in [2.05, 4.69) is 17.3 Å². The fourth-order valence-corrected chi connectivity index (χ4v) is 3.76. The quantitative estimate of drug-likeness (QED) is 0.713. The molecule has 6 nitrogen and oxygen atoms in total. The van der Waals surface area contributed by atoms with Crippen molar-refractivity contribution in [2.75, 3.05) is 20.1 Å². The van der Waals surface area contributed by atoms with Gasteiger partial charge >= 0.3 is 0 Å². The lowest BCUT2D eigenvalue weighted by atomic mass is 10.2. The van der Waals surface area contributed by atoms with Gasteiger partial charge in [-0.05, 0) is 26.8 Å². The predicted molar refractivity (Wildman–Crippen MR) is 84.7 cm³/mol. The molecule has 122 valence electrons. The van der Waals surface area contributed by atoms with Crippen LogP contribution in [0.1, 0.15) is 40.0 Å². The maximum atomic E-state index is 12.8. The Morgan fingerprint density at radius 3 is 2.71 bits per heavy atom. The molecule has 21 heavy (non-hydrogen) atoms. The number of rotatable bonds is 10. The highest BCUT2D eigenvalue weighted by Crippen LogP contribution is 2.19. The van der Waals surface area contributed by atoms with E-state index in [0.717, 1.165) is 25.8 Å². The van der Waals surface area contributed by atoms with E-state index in [1.54, 1.807) is 15.2 Å². The number of sulfonamides is 1. The molecule has 0 fully saturated rings. The number of hydrogen-bond acceptors (Lipinski definition) is 4. The number of nitrogens with one attached hydrogen (secondary N) is 1. The largest absolute Gasteiger partial charge is 0.318 e. The van der Waals surface area contributed by atoms with E-state index in [4.69, 9.17) is 0 Å². The van der Waals surface area contributed by atoms with Crippen molar-refractivity contribution in [2.45, 2.75) is 57.5 Å². The molecule has 1 aromatic rings. The van der Waals surface area contributed by atoms with Crippen LogP contribution in [0.4, 0.5) is 0 Å². The van der Waals surface area contributed by atoms with Crippen molar-refractivity contribution < 1.29 is 8.42 Å². The van der Waals surface area contributed by atoms with Gasteiger partial charge in [0.05, 0.1) is 12.7 Å². The van der Waals surface area contributed by atoms with Gasteiger partial charge < -0.3 is 5.32 Å². The molecule has 0 radical (unpaired) electrons. The first-order valence-electron chi connectivity index (χ1n) is 7.66. The summed E-state index contributed by atoms with van der Waals surface area (Å²) in [4.78, 5) is 0.287. The zero-order chi connectivity index (χ0) is 15.9. The van der Waals surface area contributed by atoms with E-state index in [0.29, 0.717) is 13.1 Å². The van der Waals surface area contributed by atoms with Crippen molar-refractivity contribution in [1.82, 2.24) is 19.4 Å². The van der Waals surface area contributed by atoms with E-state index in [-0.39, 0.29) is 10.9 Å². The first-order chi connectivity index (χ1) is 9.97. The van der Waals surface area contributed by atoms with Crippen LogP contribution in [0.5, 0.6) is 0 Å². The van der Waals surface area contributed by atoms with Crippen LogP contribution in [0.3, 0.4) is 0 Å². The predicted octanol–water partition coefficient (Wildman–Crippen LogP) is 1.69. The standard InChI is InChI=1S/C14H28N4O2S/c1-5-7-9-18(13(3)6-2)21(19,20)14-11-16-17(12-14)10-8-15-4/h11-13,15H,5-10H2,1-4H3. The highest BCUT2D eigenvalue weighted by Gasteiger charge is 2.28. The fourth-order valence-electron chi connectivity index (χ4n) is 2.06. The van der Waals surface area contributed by atoms with Gasteiger partial charge in [-0.1, -0.05) is 20.3 Å². The lowest BCUT2D eigenvalue weighted by Gasteiger charge is -2.26. The van der Waals surface area contributed by atoms with Gasteiger partial charge in [-0.25, -0.2) is 8.42 Å². The summed E-state index contributed by atoms with van der Waals surface area (Å²) in [5.74, 6) is 0. The molecule has 1 atom stereocenters. The van der Waals surface area contributed by atoms with Crippen LogP contribution in [0.15, 0.2) is 17.3 Å². The second-order valence-corrected chi connectivity index (χ2v) is 7.16. The minimum atomic E-state index is -3.46. The van der Waals surface area contributed by atoms with Gasteiger partial charge in [0.15, 0.2) is 0 Å². The Morgan fingerprint density at radius 2 is 2.14 bits per heavy atom. The van der Waals surface area contributed by atoms with Crippen molar-refractivity contribution in [1.29, 1.82) is 0 Å². The topological polar surface area (TPSA) is 67.2 Å². The Balaban J connectivity index is 2.96. The summed E-state index contributed by atoms with van der Waals surface area (Å²) in [5, 5.41) is 7.16. The molecule has 0 aliphatic carbocycles. The summed E-state index contributed by atoms with van der Waals surface area (Å²) in [6.07, 6.45) is 5.72. The average molecular weight is 316 g/mol. The number of nitrogens with zero attached hydrogens (tertiary/aromatic N) is 3. The third kappa shape index (κ3) is 4.79. The van der Waals surface area contributed by atoms with Crippen LogP contribution in [0.2, 0.25) is 0 Å². The fraction of sp³-hybridized carbons (Fsp3) is 0.786. The van der Waals surface area contributed by atoms with E-state index in [1.165, 1.54) is 6.20 Å². The molecule has 1 unspecified atom stereocenters. The van der Waals surface area contributed by atoms with Crippen LogP contribution >= 0.6 is 0 Å². The lowest BCUT2D eigenvalue weighted by molar-refractivity contribution is 0.324. The summed E-state index contributed by atoms with van der Waals surface area (Å²) >= 11 is 0. The lowest BCUT2D eigenvalue weighted by Crippen LogP contribution is -2.38. The molecule has 1 aromatic heterocycles. The van der Waals surface area contributed by atoms with Gasteiger partial charge in [-0.2, -0.15) is 9.40 Å². The molecular weight excluding hydrogens is 288 g/mol. The molecule has 1 N–H and O–H groups in total. The number of hydrogen-bond donors (Lipinski definition) is 1. The first kappa shape index (κ1) is 18.1. The molecule has 0 aliphatic rings. The number of unbranched alkanes of at least 4 members (excludes halogenated alkanes) is 1. The van der Waals surface area contributed by atoms with Gasteiger partial charge in [0.25, 0.3) is 0 Å². The molecule has 0 saturated carbocycles. The Labute approximate surface area is 128 Å². The second-order valence-electron chi connectivity index (χ2n) is 5.27. The SMILES string of the molecule is CCCCN(C(C)CC)S(=O)(=O)c1cnn(CCNC)c1. The first-order valence-corrected chi connectivity index (χ1v) is 9.10. The van der Waals surface area contributed by atoms with Crippen molar-refractivity contribution in [2.24, 2.45) is 0 Å². The second kappa shape index (κ2) is 8.51. The molecule has 0 spiro atoms. The Morgan fingerprint density at radius 1 is 1.43 bits per heavy atom. The van der Waals surface area contributed by atoms with Crippen molar-refractivity contribution >= 4 is 10.0 Å². The maximum Gasteiger partial charge on any atom is 0.246 e. The van der Waals surface area contributed by atoms with Crippen molar-refractivity contribution in [3.8, 4) is 0 Å². The normalized spacial score (nSPS) is 13.8. The van der Waals surface area contributed by atoms with Gasteiger partial charge in [0.2, 0.25) is 10.0 Å². The van der Waals surface area contributed by atoms with E-state index >= 15 is 0 Å². The zero-order valence-corrected chi connectivity index (χ0v) is 14.4. The highest BCUT2D eigenvalue weighted by molar-refractivity contribution is 7.89. The minimum Gasteiger partial charge on any atom is -0.318 e. The molecule has 0 amide bonds. The smallest absolute Gasteiger partial charge is 0.246 e. The van der Waals surface area contributed by atoms with Crippen molar-refractivity contribution in [3.05, 3.63) is 12.4 Å². The molecule has 0 saturated heterocycles. The van der Waals surface area contributed by atoms with Gasteiger partial charge in [-0.15, -0.1) is 0 Å². The number of aromatic nitrogens is 2. The van der Waals surface area contributed by atoms with Crippen molar-refractivity contribution in [3.63, 3.8) is 0 Å². The molecular formula is C14H28N4O2S. The molecule has 7 heteroatoms. The van der Waals surface area contributed by atoms with E-state index in [1.807, 2.05) is 20.9 Å². The van der Waals surface area contributed by atoms with Crippen LogP contribution in [0, 0.1) is 0 Å². The average Bonchev–Trinajstić information content (AvgIpc) is 2.94. The minimum absolute atomic E-state index is 0.00204. The number of likely N-dealkylation sites (N-methyl/N-ethyl adjacent to an activating group) is 1. The third-order valence-electron chi connectivity index (χ3n) is 3.62. The Bertz CT molecular complexity index is 513. The Hall–Kier alpha value is -0.920. The zero-order valence-electron chi connectivity index (χ0n) is 13.5. The molecule has 1 rings (SSSR count). The highest BCUT2D eigenvalue weighted by atomic mass is 32.2. The van der Waals surface area contributed by atoms with Crippen LogP contribution < -0.4 is 5.32 Å². The van der Waals surface area contributed by atoms with Crippen LogP contribution in [0.25, 0.3) is 0 Å². The summed E-state index contributed by atoms with van der Waals surface area (Å²) < 4.78 is 28.8. The van der Waals surface area contributed by atoms with Crippen LogP contribution in [-0.4, -0.2) is 48.7 Å². The van der Waals surface area contributed by atoms with Gasteiger partial charge in [-0.3, -0.25) is 4.68 Å². The van der Waals surface area contributed by atoms with E-state index < -0.39 is 10.0 Å². The van der Waals surface area contributed by atoms with Gasteiger partial charge in [0.1, 0.15) is 4.90 Å². The molecule has 0 bridgehead atoms. The molecule has 0 aromatic carbocycles. The summed E-state index contributed by atoms with van der Waals surface area (Å²) in [5.41, 5.74) is 0. The van der Waals surface area contributed by atoms with Gasteiger partial charge in [0, 0.05) is 25.3 Å². The molecule has 0 aliphatic heterocycles. The summed E-state index contributed by atoms with van der Waals surface area (Å²) in [7, 11) is -1.60. The Kier molecular flexibility index (Phi) is 7.34. The monoisotopic (exact) mass is 316 g/mol. The summed E-state index contributed by atoms with van der Waals surface area (Å²) in [6, 6.07) is 0.00204.